The average molecular weight is 424 g/mol. The number of unbranched alkanes of at least 4 members (excludes halogenated alkanes) is 5. The quantitative estimate of drug-likeness (QED) is 0.167. The van der Waals surface area contributed by atoms with Gasteiger partial charge in [0.05, 0.1) is 11.9 Å². The second-order valence-electron chi connectivity index (χ2n) is 7.86. The van der Waals surface area contributed by atoms with E-state index in [2.05, 4.69) is 42.8 Å². The molecule has 0 atom stereocenters. The molecule has 0 saturated heterocycles. The number of aryl methyl sites for hydroxylation is 1. The Labute approximate surface area is 187 Å². The van der Waals surface area contributed by atoms with Gasteiger partial charge >= 0.3 is 5.97 Å². The summed E-state index contributed by atoms with van der Waals surface area (Å²) in [6.07, 6.45) is 13.6. The Hall–Kier alpha value is -2.46. The van der Waals surface area contributed by atoms with Crippen LogP contribution in [0, 0.1) is 0 Å². The van der Waals surface area contributed by atoms with Crippen LogP contribution >= 0.6 is 0 Å². The number of esters is 1. The second-order valence-corrected chi connectivity index (χ2v) is 7.86. The number of pyridine rings is 1. The van der Waals surface area contributed by atoms with E-state index in [1.54, 1.807) is 6.20 Å². The van der Waals surface area contributed by atoms with E-state index in [4.69, 9.17) is 9.47 Å². The van der Waals surface area contributed by atoms with Crippen molar-refractivity contribution in [1.29, 1.82) is 0 Å². The Morgan fingerprint density at radius 2 is 1.77 bits per heavy atom. The molecule has 0 aliphatic heterocycles. The minimum atomic E-state index is -0.200. The maximum absolute atomic E-state index is 11.9. The smallest absolute Gasteiger partial charge is 0.311 e. The molecule has 0 unspecified atom stereocenters. The molecule has 1 heterocycles. The fourth-order valence-corrected chi connectivity index (χ4v) is 3.33. The maximum atomic E-state index is 11.9. The van der Waals surface area contributed by atoms with Gasteiger partial charge in [0, 0.05) is 25.2 Å². The van der Waals surface area contributed by atoms with Crippen LogP contribution in [-0.2, 0) is 16.0 Å². The summed E-state index contributed by atoms with van der Waals surface area (Å²) in [5.41, 5.74) is 3.29. The van der Waals surface area contributed by atoms with Crippen molar-refractivity contribution in [2.45, 2.75) is 71.1 Å². The largest absolute Gasteiger partial charge is 0.425 e. The number of allylic oxidation sites excluding steroid dienone is 1. The van der Waals surface area contributed by atoms with Crippen LogP contribution in [0.3, 0.4) is 0 Å². The molecule has 0 saturated carbocycles. The van der Waals surface area contributed by atoms with Crippen molar-refractivity contribution < 1.29 is 14.3 Å². The first kappa shape index (κ1) is 24.8. The predicted octanol–water partition coefficient (Wildman–Crippen LogP) is 6.93. The maximum Gasteiger partial charge on any atom is 0.311 e. The Balaban J connectivity index is 1.72. The fourth-order valence-electron chi connectivity index (χ4n) is 3.33. The molecule has 0 bridgehead atoms. The fraction of sp³-hybridized carbons (Fsp3) is 0.481. The van der Waals surface area contributed by atoms with Crippen molar-refractivity contribution in [3.63, 3.8) is 0 Å². The highest BCUT2D eigenvalue weighted by atomic mass is 16.5. The third-order valence-electron chi connectivity index (χ3n) is 5.11. The van der Waals surface area contributed by atoms with Gasteiger partial charge in [-0.3, -0.25) is 9.78 Å². The molecule has 4 nitrogen and oxygen atoms in total. The molecule has 0 amide bonds. The Morgan fingerprint density at radius 3 is 2.48 bits per heavy atom. The van der Waals surface area contributed by atoms with E-state index in [1.165, 1.54) is 18.4 Å². The summed E-state index contributed by atoms with van der Waals surface area (Å²) in [7, 11) is 0. The van der Waals surface area contributed by atoms with E-state index in [0.717, 1.165) is 69.4 Å². The van der Waals surface area contributed by atoms with Crippen LogP contribution in [-0.4, -0.2) is 24.2 Å². The number of hydrogen-bond acceptors (Lipinski definition) is 4. The van der Waals surface area contributed by atoms with Crippen LogP contribution in [0.5, 0.6) is 5.75 Å². The lowest BCUT2D eigenvalue weighted by Gasteiger charge is -2.07. The molecule has 0 radical (unpaired) electrons. The first-order chi connectivity index (χ1) is 15.2. The van der Waals surface area contributed by atoms with Crippen LogP contribution in [0.25, 0.3) is 11.3 Å². The van der Waals surface area contributed by atoms with E-state index in [9.17, 15) is 4.79 Å². The highest BCUT2D eigenvalue weighted by Crippen LogP contribution is 2.21. The molecule has 1 aromatic carbocycles. The summed E-state index contributed by atoms with van der Waals surface area (Å²) in [6, 6.07) is 12.3. The van der Waals surface area contributed by atoms with Gasteiger partial charge in [0.2, 0.25) is 0 Å². The van der Waals surface area contributed by atoms with Gasteiger partial charge < -0.3 is 9.47 Å². The van der Waals surface area contributed by atoms with Gasteiger partial charge in [-0.15, -0.1) is 6.58 Å². The third kappa shape index (κ3) is 10.4. The molecule has 0 aliphatic carbocycles. The highest BCUT2D eigenvalue weighted by Gasteiger charge is 2.06. The zero-order valence-electron chi connectivity index (χ0n) is 19.0. The Morgan fingerprint density at radius 1 is 0.968 bits per heavy atom. The number of hydrogen-bond donors (Lipinski definition) is 0. The molecule has 0 fully saturated rings. The number of rotatable bonds is 16. The van der Waals surface area contributed by atoms with Crippen LogP contribution in [0.2, 0.25) is 0 Å². The van der Waals surface area contributed by atoms with Crippen LogP contribution in [0.1, 0.15) is 70.3 Å². The van der Waals surface area contributed by atoms with Gasteiger partial charge in [0.1, 0.15) is 5.75 Å². The molecule has 31 heavy (non-hydrogen) atoms. The standard InChI is InChI=1S/C27H37NO3/c1-3-5-6-7-10-13-27(29)31-25-18-19-26(28-22-25)24-16-14-23(15-17-24)12-9-8-11-21-30-20-4-2/h3,14-19,22H,1,4-13,20-21H2,2H3. The predicted molar refractivity (Wildman–Crippen MR) is 127 cm³/mol. The highest BCUT2D eigenvalue weighted by molar-refractivity contribution is 5.72. The molecule has 0 spiro atoms. The summed E-state index contributed by atoms with van der Waals surface area (Å²) < 4.78 is 10.9. The molecule has 168 valence electrons. The number of carbonyl (C=O) groups excluding carboxylic acids is 1. The number of benzene rings is 1. The lowest BCUT2D eigenvalue weighted by molar-refractivity contribution is -0.134. The average Bonchev–Trinajstić information content (AvgIpc) is 2.79. The lowest BCUT2D eigenvalue weighted by Crippen LogP contribution is -2.07. The lowest BCUT2D eigenvalue weighted by atomic mass is 10.0. The SMILES string of the molecule is C=CCCCCCC(=O)Oc1ccc(-c2ccc(CCCCCOCCC)cc2)nc1. The zero-order valence-corrected chi connectivity index (χ0v) is 19.0. The number of ether oxygens (including phenoxy) is 2. The normalized spacial score (nSPS) is 10.7. The molecule has 0 aliphatic rings. The summed E-state index contributed by atoms with van der Waals surface area (Å²) in [4.78, 5) is 16.4. The molecular formula is C27H37NO3. The summed E-state index contributed by atoms with van der Waals surface area (Å²) in [6.45, 7) is 7.59. The minimum absolute atomic E-state index is 0.200. The van der Waals surface area contributed by atoms with E-state index in [0.29, 0.717) is 12.2 Å². The van der Waals surface area contributed by atoms with Gasteiger partial charge in [0.15, 0.2) is 0 Å². The van der Waals surface area contributed by atoms with E-state index < -0.39 is 0 Å². The first-order valence-corrected chi connectivity index (χ1v) is 11.7. The van der Waals surface area contributed by atoms with Crippen molar-refractivity contribution in [3.8, 4) is 17.0 Å². The van der Waals surface area contributed by atoms with E-state index in [-0.39, 0.29) is 5.97 Å². The third-order valence-corrected chi connectivity index (χ3v) is 5.11. The van der Waals surface area contributed by atoms with Crippen molar-refractivity contribution in [1.82, 2.24) is 4.98 Å². The first-order valence-electron chi connectivity index (χ1n) is 11.7. The molecular weight excluding hydrogens is 386 g/mol. The monoisotopic (exact) mass is 423 g/mol. The zero-order chi connectivity index (χ0) is 22.2. The minimum Gasteiger partial charge on any atom is -0.425 e. The van der Waals surface area contributed by atoms with E-state index >= 15 is 0 Å². The van der Waals surface area contributed by atoms with Crippen molar-refractivity contribution >= 4 is 5.97 Å². The Bertz CT molecular complexity index is 753. The number of carbonyl (C=O) groups is 1. The molecule has 4 heteroatoms. The van der Waals surface area contributed by atoms with Crippen LogP contribution in [0.15, 0.2) is 55.3 Å². The summed E-state index contributed by atoms with van der Waals surface area (Å²) in [5, 5.41) is 0. The summed E-state index contributed by atoms with van der Waals surface area (Å²) >= 11 is 0. The van der Waals surface area contributed by atoms with Gasteiger partial charge in [-0.2, -0.15) is 0 Å². The molecule has 2 aromatic rings. The van der Waals surface area contributed by atoms with Crippen molar-refractivity contribution in [3.05, 3.63) is 60.8 Å². The molecule has 0 N–H and O–H groups in total. The van der Waals surface area contributed by atoms with Gasteiger partial charge in [-0.1, -0.05) is 50.1 Å². The number of aromatic nitrogens is 1. The van der Waals surface area contributed by atoms with Gasteiger partial charge in [0.25, 0.3) is 0 Å². The number of nitrogens with zero attached hydrogens (tertiary/aromatic N) is 1. The topological polar surface area (TPSA) is 48.4 Å². The van der Waals surface area contributed by atoms with Gasteiger partial charge in [-0.25, -0.2) is 0 Å². The van der Waals surface area contributed by atoms with Crippen LogP contribution in [0.4, 0.5) is 0 Å². The van der Waals surface area contributed by atoms with Crippen molar-refractivity contribution in [2.24, 2.45) is 0 Å². The second kappa shape index (κ2) is 15.4. The molecule has 1 aromatic heterocycles. The van der Waals surface area contributed by atoms with Crippen LogP contribution < -0.4 is 4.74 Å². The molecule has 2 rings (SSSR count). The van der Waals surface area contributed by atoms with E-state index in [1.807, 2.05) is 18.2 Å². The van der Waals surface area contributed by atoms with Crippen molar-refractivity contribution in [2.75, 3.05) is 13.2 Å². The summed E-state index contributed by atoms with van der Waals surface area (Å²) in [5.74, 6) is 0.300. The van der Waals surface area contributed by atoms with Gasteiger partial charge in [-0.05, 0) is 62.6 Å². The Kier molecular flexibility index (Phi) is 12.3.